The Bertz CT molecular complexity index is 536. The van der Waals surface area contributed by atoms with E-state index in [-0.39, 0.29) is 0 Å². The fourth-order valence-electron chi connectivity index (χ4n) is 2.75. The normalized spacial score (nSPS) is 15.3. The zero-order valence-corrected chi connectivity index (χ0v) is 11.1. The van der Waals surface area contributed by atoms with Crippen LogP contribution in [-0.4, -0.2) is 17.8 Å². The first-order chi connectivity index (χ1) is 8.77. The summed E-state index contributed by atoms with van der Waals surface area (Å²) in [5.41, 5.74) is 2.56. The van der Waals surface area contributed by atoms with Crippen molar-refractivity contribution in [2.75, 3.05) is 18.0 Å². The van der Waals surface area contributed by atoms with Gasteiger partial charge in [0.15, 0.2) is 0 Å². The molecule has 94 valence electrons. The first kappa shape index (κ1) is 11.3. The number of anilines is 1. The van der Waals surface area contributed by atoms with Gasteiger partial charge in [-0.05, 0) is 12.8 Å². The van der Waals surface area contributed by atoms with Gasteiger partial charge in [-0.15, -0.1) is 0 Å². The van der Waals surface area contributed by atoms with E-state index in [4.69, 9.17) is 0 Å². The highest BCUT2D eigenvalue weighted by atomic mass is 15.4. The Morgan fingerprint density at radius 2 is 1.72 bits per heavy atom. The molecule has 0 aliphatic carbocycles. The Kier molecular flexibility index (Phi) is 2.82. The molecule has 0 spiro atoms. The van der Waals surface area contributed by atoms with Gasteiger partial charge in [-0.1, -0.05) is 30.3 Å². The van der Waals surface area contributed by atoms with Crippen LogP contribution in [0.2, 0.25) is 0 Å². The summed E-state index contributed by atoms with van der Waals surface area (Å²) in [5, 5.41) is 0. The smallest absolute Gasteiger partial charge is 0.260 e. The minimum atomic E-state index is 1.19. The van der Waals surface area contributed by atoms with E-state index in [2.05, 4.69) is 64.8 Å². The highest BCUT2D eigenvalue weighted by Crippen LogP contribution is 2.24. The second kappa shape index (κ2) is 4.48. The van der Waals surface area contributed by atoms with Gasteiger partial charge >= 0.3 is 0 Å². The van der Waals surface area contributed by atoms with Crippen LogP contribution < -0.4 is 9.58 Å². The predicted octanol–water partition coefficient (Wildman–Crippen LogP) is 2.12. The summed E-state index contributed by atoms with van der Waals surface area (Å²) in [6.07, 6.45) is 2.63. The molecule has 2 heterocycles. The average Bonchev–Trinajstić information content (AvgIpc) is 3.01. The van der Waals surface area contributed by atoms with Crippen molar-refractivity contribution in [1.82, 2.24) is 4.68 Å². The molecule has 1 fully saturated rings. The number of hydrogen-bond donors (Lipinski definition) is 0. The van der Waals surface area contributed by atoms with E-state index in [0.29, 0.717) is 0 Å². The Balaban J connectivity index is 2.04. The maximum Gasteiger partial charge on any atom is 0.297 e. The van der Waals surface area contributed by atoms with Gasteiger partial charge in [-0.3, -0.25) is 4.90 Å². The molecule has 0 saturated carbocycles. The lowest BCUT2D eigenvalue weighted by Gasteiger charge is -2.08. The number of rotatable bonds is 2. The number of aromatic nitrogens is 2. The zero-order valence-electron chi connectivity index (χ0n) is 11.1. The standard InChI is InChI=1S/C15H20N3/c1-16-14(13-8-4-3-5-9-13)12-15(17(16)2)18-10-6-7-11-18/h3-5,8-9,12H,6-7,10-11H2,1-2H3/q+1. The number of nitrogens with zero attached hydrogens (tertiary/aromatic N) is 3. The van der Waals surface area contributed by atoms with Gasteiger partial charge in [0.1, 0.15) is 7.05 Å². The lowest BCUT2D eigenvalue weighted by molar-refractivity contribution is -0.738. The van der Waals surface area contributed by atoms with E-state index < -0.39 is 0 Å². The van der Waals surface area contributed by atoms with Crippen molar-refractivity contribution < 1.29 is 4.68 Å². The molecule has 1 aliphatic rings. The van der Waals surface area contributed by atoms with Crippen molar-refractivity contribution in [3.05, 3.63) is 36.4 Å². The average molecular weight is 242 g/mol. The van der Waals surface area contributed by atoms with Crippen LogP contribution in [0.25, 0.3) is 11.3 Å². The van der Waals surface area contributed by atoms with Crippen molar-refractivity contribution in [1.29, 1.82) is 0 Å². The SMILES string of the molecule is Cn1c(-c2ccccc2)cc(N2CCCC2)[n+]1C. The van der Waals surface area contributed by atoms with Crippen LogP contribution in [0.4, 0.5) is 5.82 Å². The summed E-state index contributed by atoms with van der Waals surface area (Å²) in [7, 11) is 4.27. The van der Waals surface area contributed by atoms with Crippen LogP contribution in [0.15, 0.2) is 36.4 Å². The molecule has 1 aromatic heterocycles. The first-order valence-corrected chi connectivity index (χ1v) is 6.64. The Morgan fingerprint density at radius 1 is 1.06 bits per heavy atom. The summed E-state index contributed by atoms with van der Waals surface area (Å²) in [6.45, 7) is 2.37. The van der Waals surface area contributed by atoms with Crippen molar-refractivity contribution in [3.8, 4) is 11.3 Å². The van der Waals surface area contributed by atoms with Gasteiger partial charge in [-0.2, -0.15) is 4.68 Å². The van der Waals surface area contributed by atoms with E-state index >= 15 is 0 Å². The van der Waals surface area contributed by atoms with Crippen LogP contribution in [0.5, 0.6) is 0 Å². The Hall–Kier alpha value is -1.77. The third-order valence-corrected chi connectivity index (χ3v) is 3.90. The highest BCUT2D eigenvalue weighted by Gasteiger charge is 2.26. The van der Waals surface area contributed by atoms with E-state index in [9.17, 15) is 0 Å². The van der Waals surface area contributed by atoms with E-state index in [0.717, 1.165) is 0 Å². The van der Waals surface area contributed by atoms with Crippen LogP contribution in [0.3, 0.4) is 0 Å². The van der Waals surface area contributed by atoms with Crippen molar-refractivity contribution in [3.63, 3.8) is 0 Å². The summed E-state index contributed by atoms with van der Waals surface area (Å²) in [4.78, 5) is 2.48. The molecular weight excluding hydrogens is 222 g/mol. The molecule has 1 aromatic carbocycles. The highest BCUT2D eigenvalue weighted by molar-refractivity contribution is 5.62. The molecular formula is C15H20N3+. The first-order valence-electron chi connectivity index (χ1n) is 6.64. The fourth-order valence-corrected chi connectivity index (χ4v) is 2.75. The summed E-state index contributed by atoms with van der Waals surface area (Å²) in [5.74, 6) is 1.33. The fraction of sp³-hybridized carbons (Fsp3) is 0.400. The summed E-state index contributed by atoms with van der Waals surface area (Å²) in [6, 6.07) is 12.9. The molecule has 0 bridgehead atoms. The molecule has 1 saturated heterocycles. The predicted molar refractivity (Wildman–Crippen MR) is 73.5 cm³/mol. The van der Waals surface area contributed by atoms with Crippen molar-refractivity contribution in [2.24, 2.45) is 14.1 Å². The molecule has 0 atom stereocenters. The van der Waals surface area contributed by atoms with E-state index in [1.54, 1.807) is 0 Å². The summed E-state index contributed by atoms with van der Waals surface area (Å²) < 4.78 is 4.47. The molecule has 3 nitrogen and oxygen atoms in total. The second-order valence-electron chi connectivity index (χ2n) is 5.00. The minimum absolute atomic E-state index is 1.19. The van der Waals surface area contributed by atoms with E-state index in [1.165, 1.54) is 43.0 Å². The van der Waals surface area contributed by atoms with Gasteiger partial charge in [-0.25, -0.2) is 4.68 Å². The molecule has 0 unspecified atom stereocenters. The molecule has 3 rings (SSSR count). The van der Waals surface area contributed by atoms with Crippen LogP contribution in [0.1, 0.15) is 12.8 Å². The molecule has 18 heavy (non-hydrogen) atoms. The lowest BCUT2D eigenvalue weighted by atomic mass is 10.1. The van der Waals surface area contributed by atoms with Gasteiger partial charge < -0.3 is 0 Å². The third-order valence-electron chi connectivity index (χ3n) is 3.90. The monoisotopic (exact) mass is 242 g/mol. The molecule has 1 aliphatic heterocycles. The van der Waals surface area contributed by atoms with E-state index in [1.807, 2.05) is 0 Å². The molecule has 2 aromatic rings. The third kappa shape index (κ3) is 1.80. The maximum absolute atomic E-state index is 2.48. The van der Waals surface area contributed by atoms with Gasteiger partial charge in [0, 0.05) is 12.6 Å². The van der Waals surface area contributed by atoms with Gasteiger partial charge in [0.2, 0.25) is 0 Å². The number of benzene rings is 1. The van der Waals surface area contributed by atoms with Crippen LogP contribution in [0, 0.1) is 0 Å². The molecule has 0 N–H and O–H groups in total. The zero-order chi connectivity index (χ0) is 12.5. The lowest BCUT2D eigenvalue weighted by Crippen LogP contribution is -2.43. The van der Waals surface area contributed by atoms with Crippen LogP contribution >= 0.6 is 0 Å². The largest absolute Gasteiger partial charge is 0.297 e. The van der Waals surface area contributed by atoms with Crippen molar-refractivity contribution in [2.45, 2.75) is 12.8 Å². The van der Waals surface area contributed by atoms with Gasteiger partial charge in [0.05, 0.1) is 24.8 Å². The quantitative estimate of drug-likeness (QED) is 0.735. The molecule has 0 radical (unpaired) electrons. The maximum atomic E-state index is 2.48. The van der Waals surface area contributed by atoms with Crippen LogP contribution in [-0.2, 0) is 14.1 Å². The van der Waals surface area contributed by atoms with Gasteiger partial charge in [0.25, 0.3) is 5.82 Å². The summed E-state index contributed by atoms with van der Waals surface area (Å²) >= 11 is 0. The van der Waals surface area contributed by atoms with Crippen molar-refractivity contribution >= 4 is 5.82 Å². The Morgan fingerprint density at radius 3 is 2.39 bits per heavy atom. The molecule has 0 amide bonds. The Labute approximate surface area is 108 Å². The molecule has 3 heteroatoms. The topological polar surface area (TPSA) is 12.1 Å². The second-order valence-corrected chi connectivity index (χ2v) is 5.00. The number of hydrogen-bond acceptors (Lipinski definition) is 1. The minimum Gasteiger partial charge on any atom is -0.260 e.